The first-order valence-electron chi connectivity index (χ1n) is 11.0. The number of benzene rings is 1. The van der Waals surface area contributed by atoms with Gasteiger partial charge < -0.3 is 31.1 Å². The number of aliphatic hydroxyl groups excluding tert-OH is 1. The smallest absolute Gasteiger partial charge is 0.243 e. The van der Waals surface area contributed by atoms with Crippen molar-refractivity contribution in [3.05, 3.63) is 29.8 Å². The highest BCUT2D eigenvalue weighted by molar-refractivity contribution is 5.97. The van der Waals surface area contributed by atoms with Gasteiger partial charge in [0.1, 0.15) is 18.4 Å². The second-order valence-electron chi connectivity index (χ2n) is 7.96. The molecule has 2 aliphatic heterocycles. The molecule has 0 spiro atoms. The van der Waals surface area contributed by atoms with Crippen molar-refractivity contribution >= 4 is 17.7 Å². The average molecular weight is 433 g/mol. The predicted molar refractivity (Wildman–Crippen MR) is 114 cm³/mol. The second-order valence-corrected chi connectivity index (χ2v) is 7.96. The van der Waals surface area contributed by atoms with Gasteiger partial charge in [-0.25, -0.2) is 0 Å². The van der Waals surface area contributed by atoms with Crippen molar-refractivity contribution in [3.63, 3.8) is 0 Å². The van der Waals surface area contributed by atoms with Crippen LogP contribution in [0.2, 0.25) is 0 Å². The number of fused-ring (bicyclic) bond motifs is 1. The zero-order valence-corrected chi connectivity index (χ0v) is 17.7. The van der Waals surface area contributed by atoms with Crippen molar-refractivity contribution in [3.8, 4) is 5.75 Å². The molecule has 1 aromatic rings. The summed E-state index contributed by atoms with van der Waals surface area (Å²) in [5, 5.41) is 14.6. The lowest BCUT2D eigenvalue weighted by molar-refractivity contribution is -0.145. The average Bonchev–Trinajstić information content (AvgIpc) is 3.19. The summed E-state index contributed by atoms with van der Waals surface area (Å²) in [5.74, 6) is -0.568. The Kier molecular flexibility index (Phi) is 8.25. The van der Waals surface area contributed by atoms with E-state index in [0.29, 0.717) is 18.8 Å². The summed E-state index contributed by atoms with van der Waals surface area (Å²) in [6.45, 7) is 1.19. The van der Waals surface area contributed by atoms with E-state index in [-0.39, 0.29) is 43.9 Å². The van der Waals surface area contributed by atoms with Gasteiger partial charge in [-0.2, -0.15) is 0 Å². The molecule has 3 rings (SSSR count). The zero-order chi connectivity index (χ0) is 22.2. The lowest BCUT2D eigenvalue weighted by Gasteiger charge is -2.34. The molecule has 3 atom stereocenters. The Morgan fingerprint density at radius 3 is 2.84 bits per heavy atom. The van der Waals surface area contributed by atoms with Gasteiger partial charge in [-0.3, -0.25) is 14.4 Å². The van der Waals surface area contributed by atoms with Crippen LogP contribution in [0.25, 0.3) is 0 Å². The molecule has 0 aromatic heterocycles. The first-order valence-corrected chi connectivity index (χ1v) is 11.0. The van der Waals surface area contributed by atoms with Crippen LogP contribution < -0.4 is 21.1 Å². The molecule has 2 aliphatic rings. The monoisotopic (exact) mass is 432 g/mol. The number of aliphatic hydroxyl groups is 1. The van der Waals surface area contributed by atoms with Crippen molar-refractivity contribution in [1.29, 1.82) is 0 Å². The molecule has 9 nitrogen and oxygen atoms in total. The molecule has 0 aliphatic carbocycles. The van der Waals surface area contributed by atoms with E-state index in [0.717, 1.165) is 31.2 Å². The van der Waals surface area contributed by atoms with Crippen molar-refractivity contribution in [2.45, 2.75) is 44.2 Å². The Morgan fingerprint density at radius 1 is 1.26 bits per heavy atom. The number of rotatable bonds is 11. The van der Waals surface area contributed by atoms with E-state index in [1.807, 2.05) is 6.07 Å². The lowest BCUT2D eigenvalue weighted by atomic mass is 9.92. The Hall–Kier alpha value is -2.65. The maximum absolute atomic E-state index is 13.1. The van der Waals surface area contributed by atoms with Gasteiger partial charge in [0.25, 0.3) is 0 Å². The Bertz CT molecular complexity index is 787. The third-order valence-electron chi connectivity index (χ3n) is 5.82. The minimum atomic E-state index is -0.659. The van der Waals surface area contributed by atoms with Crippen molar-refractivity contribution in [1.82, 2.24) is 15.5 Å². The number of carbonyl (C=O) groups excluding carboxylic acids is 3. The van der Waals surface area contributed by atoms with E-state index < -0.39 is 18.0 Å². The maximum atomic E-state index is 13.1. The highest BCUT2D eigenvalue weighted by Crippen LogP contribution is 2.43. The molecule has 1 aromatic carbocycles. The van der Waals surface area contributed by atoms with Gasteiger partial charge >= 0.3 is 0 Å². The molecule has 0 unspecified atom stereocenters. The summed E-state index contributed by atoms with van der Waals surface area (Å²) < 4.78 is 5.50. The number of hydrogen-bond acceptors (Lipinski definition) is 6. The van der Waals surface area contributed by atoms with Crippen LogP contribution in [0.1, 0.15) is 43.7 Å². The Labute approximate surface area is 182 Å². The fourth-order valence-electron chi connectivity index (χ4n) is 4.37. The molecule has 2 heterocycles. The molecular weight excluding hydrogens is 400 g/mol. The fourth-order valence-corrected chi connectivity index (χ4v) is 4.37. The van der Waals surface area contributed by atoms with Crippen LogP contribution in [0.3, 0.4) is 0 Å². The van der Waals surface area contributed by atoms with Crippen LogP contribution in [0, 0.1) is 5.92 Å². The van der Waals surface area contributed by atoms with Gasteiger partial charge in [0.2, 0.25) is 17.7 Å². The summed E-state index contributed by atoms with van der Waals surface area (Å²) in [4.78, 5) is 39.7. The number of nitrogens with zero attached hydrogens (tertiary/aromatic N) is 1. The number of carbonyl (C=O) groups is 3. The first-order chi connectivity index (χ1) is 15.1. The molecule has 0 radical (unpaired) electrons. The second kappa shape index (κ2) is 11.1. The van der Waals surface area contributed by atoms with E-state index in [9.17, 15) is 14.4 Å². The molecule has 0 saturated carbocycles. The highest BCUT2D eigenvalue weighted by atomic mass is 16.5. The summed E-state index contributed by atoms with van der Waals surface area (Å²) >= 11 is 0. The number of amides is 3. The van der Waals surface area contributed by atoms with Crippen molar-refractivity contribution in [2.24, 2.45) is 11.7 Å². The zero-order valence-electron chi connectivity index (χ0n) is 17.7. The van der Waals surface area contributed by atoms with Gasteiger partial charge in [0, 0.05) is 6.54 Å². The third-order valence-corrected chi connectivity index (χ3v) is 5.82. The number of hydrogen-bond donors (Lipinski definition) is 4. The van der Waals surface area contributed by atoms with Crippen LogP contribution in [-0.2, 0) is 14.4 Å². The fraction of sp³-hybridized carbons (Fsp3) is 0.591. The molecular formula is C22H32N4O5. The number of piperazine rings is 1. The molecule has 3 amide bonds. The lowest BCUT2D eigenvalue weighted by Crippen LogP contribution is -2.56. The quantitative estimate of drug-likeness (QED) is 0.366. The highest BCUT2D eigenvalue weighted by Gasteiger charge is 2.52. The van der Waals surface area contributed by atoms with Gasteiger partial charge in [-0.1, -0.05) is 25.0 Å². The SMILES string of the molecule is NCCCCCCNC(=O)[C@H]1C[C@H]2C(=O)NCC(=O)N2[C@H]1c1cccc(OCCO)c1. The first kappa shape index (κ1) is 23.0. The van der Waals surface area contributed by atoms with E-state index in [1.165, 1.54) is 0 Å². The van der Waals surface area contributed by atoms with Crippen LogP contribution in [0.4, 0.5) is 0 Å². The summed E-state index contributed by atoms with van der Waals surface area (Å²) in [6, 6.07) is 5.96. The molecule has 170 valence electrons. The Balaban J connectivity index is 1.77. The molecule has 2 saturated heterocycles. The Morgan fingerprint density at radius 2 is 2.06 bits per heavy atom. The van der Waals surface area contributed by atoms with Gasteiger partial charge in [0.05, 0.1) is 25.1 Å². The number of unbranched alkanes of at least 4 members (excludes halogenated alkanes) is 3. The van der Waals surface area contributed by atoms with Crippen LogP contribution in [0.5, 0.6) is 5.75 Å². The van der Waals surface area contributed by atoms with E-state index in [1.54, 1.807) is 23.1 Å². The summed E-state index contributed by atoms with van der Waals surface area (Å²) in [5.41, 5.74) is 6.25. The van der Waals surface area contributed by atoms with Gasteiger partial charge in [-0.15, -0.1) is 0 Å². The number of nitrogens with one attached hydrogen (secondary N) is 2. The van der Waals surface area contributed by atoms with Crippen molar-refractivity contribution in [2.75, 3.05) is 32.8 Å². The normalized spacial score (nSPS) is 22.8. The molecule has 0 bridgehead atoms. The summed E-state index contributed by atoms with van der Waals surface area (Å²) in [7, 11) is 0. The van der Waals surface area contributed by atoms with Crippen LogP contribution >= 0.6 is 0 Å². The van der Waals surface area contributed by atoms with Crippen LogP contribution in [0.15, 0.2) is 24.3 Å². The van der Waals surface area contributed by atoms with E-state index >= 15 is 0 Å². The minimum Gasteiger partial charge on any atom is -0.491 e. The third kappa shape index (κ3) is 5.54. The van der Waals surface area contributed by atoms with Gasteiger partial charge in [-0.05, 0) is 43.5 Å². The topological polar surface area (TPSA) is 134 Å². The van der Waals surface area contributed by atoms with E-state index in [4.69, 9.17) is 15.6 Å². The molecule has 9 heteroatoms. The standard InChI is InChI=1S/C22H32N4O5/c23-8-3-1-2-4-9-24-21(29)17-13-18-22(30)25-14-19(28)26(18)20(17)15-6-5-7-16(12-15)31-11-10-27/h5-7,12,17-18,20,27H,1-4,8-11,13-14,23H2,(H,24,29)(H,25,30)/t17-,18-,20-/m0/s1. The molecule has 31 heavy (non-hydrogen) atoms. The summed E-state index contributed by atoms with van der Waals surface area (Å²) in [6.07, 6.45) is 4.14. The number of nitrogens with two attached hydrogens (primary N) is 1. The number of ether oxygens (including phenoxy) is 1. The van der Waals surface area contributed by atoms with Gasteiger partial charge in [0.15, 0.2) is 0 Å². The largest absolute Gasteiger partial charge is 0.491 e. The molecule has 2 fully saturated rings. The molecule has 5 N–H and O–H groups in total. The van der Waals surface area contributed by atoms with Crippen molar-refractivity contribution < 1.29 is 24.2 Å². The van der Waals surface area contributed by atoms with E-state index in [2.05, 4.69) is 10.6 Å². The maximum Gasteiger partial charge on any atom is 0.243 e. The predicted octanol–water partition coefficient (Wildman–Crippen LogP) is 0.0810. The minimum absolute atomic E-state index is 0.0674. The van der Waals surface area contributed by atoms with Crippen LogP contribution in [-0.4, -0.2) is 66.6 Å².